The highest BCUT2D eigenvalue weighted by Gasteiger charge is 2.11. The van der Waals surface area contributed by atoms with Gasteiger partial charge in [0.25, 0.3) is 0 Å². The van der Waals surface area contributed by atoms with E-state index in [2.05, 4.69) is 56.3 Å². The van der Waals surface area contributed by atoms with Crippen molar-refractivity contribution in [2.24, 2.45) is 5.92 Å². The van der Waals surface area contributed by atoms with Crippen LogP contribution in [0.3, 0.4) is 0 Å². The maximum atomic E-state index is 6.13. The van der Waals surface area contributed by atoms with Gasteiger partial charge in [-0.15, -0.1) is 0 Å². The molecule has 0 radical (unpaired) electrons. The van der Waals surface area contributed by atoms with E-state index in [1.807, 2.05) is 12.1 Å². The lowest BCUT2D eigenvalue weighted by Crippen LogP contribution is -1.90. The summed E-state index contributed by atoms with van der Waals surface area (Å²) >= 11 is 0. The third-order valence-corrected chi connectivity index (χ3v) is 3.85. The Balaban J connectivity index is 2.11. The monoisotopic (exact) mass is 303 g/mol. The first-order valence-electron chi connectivity index (χ1n) is 7.88. The number of furan rings is 1. The van der Waals surface area contributed by atoms with E-state index in [-0.39, 0.29) is 0 Å². The number of para-hydroxylation sites is 1. The molecule has 3 aromatic rings. The van der Waals surface area contributed by atoms with Crippen LogP contribution in [0.2, 0.25) is 0 Å². The fourth-order valence-electron chi connectivity index (χ4n) is 2.72. The maximum Gasteiger partial charge on any atom is 0.142 e. The largest absolute Gasteiger partial charge is 0.460 e. The van der Waals surface area contributed by atoms with Gasteiger partial charge < -0.3 is 4.42 Å². The molecule has 0 atom stereocenters. The molecule has 2 aromatic heterocycles. The average molecular weight is 303 g/mol. The number of aromatic nitrogens is 1. The standard InChI is InChI=1S/C21H21NO/c1-5-15(4)20-13-16(9-10-22-20)19-8-6-7-17-12-18(11-14(2)3)23-21(17)19/h5-10,12-14H,1,4,11H2,2-3H3. The van der Waals surface area contributed by atoms with Crippen molar-refractivity contribution in [3.8, 4) is 11.1 Å². The van der Waals surface area contributed by atoms with Crippen molar-refractivity contribution in [3.05, 3.63) is 73.3 Å². The lowest BCUT2D eigenvalue weighted by atomic mass is 10.0. The zero-order chi connectivity index (χ0) is 16.4. The second-order valence-corrected chi connectivity index (χ2v) is 6.19. The number of pyridine rings is 1. The van der Waals surface area contributed by atoms with Gasteiger partial charge in [-0.3, -0.25) is 4.98 Å². The number of nitrogens with zero attached hydrogens (tertiary/aromatic N) is 1. The minimum atomic E-state index is 0.572. The predicted octanol–water partition coefficient (Wildman–Crippen LogP) is 5.89. The Labute approximate surface area is 137 Å². The van der Waals surface area contributed by atoms with Gasteiger partial charge in [0.05, 0.1) is 5.69 Å². The Morgan fingerprint density at radius 1 is 1.26 bits per heavy atom. The van der Waals surface area contributed by atoms with E-state index in [4.69, 9.17) is 4.42 Å². The van der Waals surface area contributed by atoms with Crippen LogP contribution < -0.4 is 0 Å². The van der Waals surface area contributed by atoms with E-state index in [1.54, 1.807) is 12.3 Å². The molecule has 0 aliphatic carbocycles. The quantitative estimate of drug-likeness (QED) is 0.549. The molecule has 0 aliphatic heterocycles. The fourth-order valence-corrected chi connectivity index (χ4v) is 2.72. The van der Waals surface area contributed by atoms with Crippen LogP contribution in [-0.4, -0.2) is 4.98 Å². The molecule has 0 unspecified atom stereocenters. The molecule has 0 N–H and O–H groups in total. The van der Waals surface area contributed by atoms with Crippen LogP contribution in [0, 0.1) is 5.92 Å². The summed E-state index contributed by atoms with van der Waals surface area (Å²) in [7, 11) is 0. The number of hydrogen-bond donors (Lipinski definition) is 0. The molecule has 0 amide bonds. The van der Waals surface area contributed by atoms with E-state index in [9.17, 15) is 0 Å². The molecule has 0 saturated heterocycles. The molecular weight excluding hydrogens is 282 g/mol. The molecule has 2 heteroatoms. The molecule has 23 heavy (non-hydrogen) atoms. The molecule has 116 valence electrons. The van der Waals surface area contributed by atoms with Gasteiger partial charge in [-0.05, 0) is 35.3 Å². The number of rotatable bonds is 5. The molecule has 1 aromatic carbocycles. The summed E-state index contributed by atoms with van der Waals surface area (Å²) < 4.78 is 6.13. The van der Waals surface area contributed by atoms with Crippen LogP contribution in [0.1, 0.15) is 25.3 Å². The van der Waals surface area contributed by atoms with Crippen molar-refractivity contribution >= 4 is 16.5 Å². The van der Waals surface area contributed by atoms with E-state index in [0.717, 1.165) is 45.5 Å². The van der Waals surface area contributed by atoms with E-state index < -0.39 is 0 Å². The summed E-state index contributed by atoms with van der Waals surface area (Å²) in [6.45, 7) is 12.1. The zero-order valence-corrected chi connectivity index (χ0v) is 13.7. The first-order chi connectivity index (χ1) is 11.1. The lowest BCUT2D eigenvalue weighted by molar-refractivity contribution is 0.500. The lowest BCUT2D eigenvalue weighted by Gasteiger charge is -2.06. The molecule has 0 saturated carbocycles. The van der Waals surface area contributed by atoms with Gasteiger partial charge in [0, 0.05) is 23.6 Å². The molecule has 0 bridgehead atoms. The van der Waals surface area contributed by atoms with Gasteiger partial charge in [0.2, 0.25) is 0 Å². The summed E-state index contributed by atoms with van der Waals surface area (Å²) in [6, 6.07) is 12.4. The highest BCUT2D eigenvalue weighted by Crippen LogP contribution is 2.32. The highest BCUT2D eigenvalue weighted by atomic mass is 16.3. The summed E-state index contributed by atoms with van der Waals surface area (Å²) in [5, 5.41) is 1.14. The Bertz CT molecular complexity index is 870. The van der Waals surface area contributed by atoms with Crippen LogP contribution in [0.4, 0.5) is 0 Å². The molecule has 0 fully saturated rings. The normalized spacial score (nSPS) is 11.1. The molecule has 2 heterocycles. The zero-order valence-electron chi connectivity index (χ0n) is 13.7. The minimum Gasteiger partial charge on any atom is -0.460 e. The van der Waals surface area contributed by atoms with Gasteiger partial charge in [0.1, 0.15) is 11.3 Å². The summed E-state index contributed by atoms with van der Waals surface area (Å²) in [5.41, 5.74) is 4.75. The summed E-state index contributed by atoms with van der Waals surface area (Å²) in [6.07, 6.45) is 4.47. The van der Waals surface area contributed by atoms with Crippen molar-refractivity contribution in [2.75, 3.05) is 0 Å². The third kappa shape index (κ3) is 3.11. The topological polar surface area (TPSA) is 26.0 Å². The number of benzene rings is 1. The van der Waals surface area contributed by atoms with Crippen molar-refractivity contribution < 1.29 is 4.42 Å². The van der Waals surface area contributed by atoms with E-state index in [1.165, 1.54) is 0 Å². The van der Waals surface area contributed by atoms with Gasteiger partial charge in [-0.1, -0.05) is 51.3 Å². The first kappa shape index (κ1) is 15.3. The Kier molecular flexibility index (Phi) is 4.16. The SMILES string of the molecule is C=CC(=C)c1cc(-c2cccc3cc(CC(C)C)oc23)ccn1. The molecular formula is C21H21NO. The van der Waals surface area contributed by atoms with Crippen LogP contribution in [0.5, 0.6) is 0 Å². The molecule has 0 aliphatic rings. The smallest absolute Gasteiger partial charge is 0.142 e. The third-order valence-electron chi connectivity index (χ3n) is 3.85. The Morgan fingerprint density at radius 2 is 2.09 bits per heavy atom. The second kappa shape index (κ2) is 6.25. The van der Waals surface area contributed by atoms with Crippen molar-refractivity contribution in [1.29, 1.82) is 0 Å². The van der Waals surface area contributed by atoms with Crippen LogP contribution in [0.25, 0.3) is 27.7 Å². The Hall–Kier alpha value is -2.61. The van der Waals surface area contributed by atoms with Crippen molar-refractivity contribution in [3.63, 3.8) is 0 Å². The van der Waals surface area contributed by atoms with Gasteiger partial charge >= 0.3 is 0 Å². The van der Waals surface area contributed by atoms with Crippen molar-refractivity contribution in [2.45, 2.75) is 20.3 Å². The summed E-state index contributed by atoms with van der Waals surface area (Å²) in [5.74, 6) is 1.61. The van der Waals surface area contributed by atoms with Crippen LogP contribution >= 0.6 is 0 Å². The van der Waals surface area contributed by atoms with E-state index in [0.29, 0.717) is 5.92 Å². The summed E-state index contributed by atoms with van der Waals surface area (Å²) in [4.78, 5) is 4.36. The van der Waals surface area contributed by atoms with Crippen LogP contribution in [0.15, 0.2) is 66.2 Å². The van der Waals surface area contributed by atoms with E-state index >= 15 is 0 Å². The number of fused-ring (bicyclic) bond motifs is 1. The molecule has 0 spiro atoms. The number of hydrogen-bond acceptors (Lipinski definition) is 2. The number of allylic oxidation sites excluding steroid dienone is 2. The maximum absolute atomic E-state index is 6.13. The van der Waals surface area contributed by atoms with Gasteiger partial charge in [0.15, 0.2) is 0 Å². The Morgan fingerprint density at radius 3 is 2.83 bits per heavy atom. The second-order valence-electron chi connectivity index (χ2n) is 6.19. The minimum absolute atomic E-state index is 0.572. The predicted molar refractivity (Wildman–Crippen MR) is 97.2 cm³/mol. The molecule has 3 rings (SSSR count). The molecule has 2 nitrogen and oxygen atoms in total. The van der Waals surface area contributed by atoms with Crippen molar-refractivity contribution in [1.82, 2.24) is 4.98 Å². The van der Waals surface area contributed by atoms with Gasteiger partial charge in [-0.25, -0.2) is 0 Å². The van der Waals surface area contributed by atoms with Gasteiger partial charge in [-0.2, -0.15) is 0 Å². The van der Waals surface area contributed by atoms with Crippen LogP contribution in [-0.2, 0) is 6.42 Å². The first-order valence-corrected chi connectivity index (χ1v) is 7.88. The fraction of sp³-hybridized carbons (Fsp3) is 0.190. The average Bonchev–Trinajstić information content (AvgIpc) is 2.95. The highest BCUT2D eigenvalue weighted by molar-refractivity contribution is 5.93.